The van der Waals surface area contributed by atoms with Gasteiger partial charge in [0.2, 0.25) is 5.82 Å². The fourth-order valence-corrected chi connectivity index (χ4v) is 1.81. The Kier molecular flexibility index (Phi) is 3.79. The summed E-state index contributed by atoms with van der Waals surface area (Å²) in [6, 6.07) is 4.75. The van der Waals surface area contributed by atoms with Crippen LogP contribution in [0, 0.1) is 15.9 Å². The van der Waals surface area contributed by atoms with Crippen LogP contribution >= 0.6 is 0 Å². The third kappa shape index (κ3) is 2.94. The van der Waals surface area contributed by atoms with E-state index in [1.165, 1.54) is 22.9 Å². The first-order chi connectivity index (χ1) is 9.90. The molecule has 0 amide bonds. The molecular weight excluding hydrogens is 283 g/mol. The molecule has 0 aliphatic carbocycles. The average Bonchev–Trinajstić information content (AvgIpc) is 2.42. The molecular formula is C13H9FN2O5. The van der Waals surface area contributed by atoms with Crippen molar-refractivity contribution in [3.63, 3.8) is 0 Å². The van der Waals surface area contributed by atoms with Gasteiger partial charge in [0.1, 0.15) is 5.56 Å². The van der Waals surface area contributed by atoms with Crippen LogP contribution in [0.1, 0.15) is 15.9 Å². The Morgan fingerprint density at radius 3 is 2.71 bits per heavy atom. The predicted octanol–water partition coefficient (Wildman–Crippen LogP) is 1.64. The number of pyridine rings is 1. The first-order valence-corrected chi connectivity index (χ1v) is 5.75. The molecule has 1 aromatic heterocycles. The lowest BCUT2D eigenvalue weighted by molar-refractivity contribution is -0.387. The Morgan fingerprint density at radius 2 is 2.10 bits per heavy atom. The first-order valence-electron chi connectivity index (χ1n) is 5.75. The van der Waals surface area contributed by atoms with Gasteiger partial charge in [0.05, 0.1) is 11.5 Å². The van der Waals surface area contributed by atoms with Crippen molar-refractivity contribution in [3.05, 3.63) is 73.9 Å². The molecule has 1 heterocycles. The fourth-order valence-electron chi connectivity index (χ4n) is 1.81. The minimum Gasteiger partial charge on any atom is -0.477 e. The number of carbonyl (C=O) groups is 1. The summed E-state index contributed by atoms with van der Waals surface area (Å²) in [4.78, 5) is 32.0. The zero-order valence-corrected chi connectivity index (χ0v) is 10.5. The Morgan fingerprint density at radius 1 is 1.38 bits per heavy atom. The van der Waals surface area contributed by atoms with Crippen molar-refractivity contribution in [1.29, 1.82) is 0 Å². The van der Waals surface area contributed by atoms with Crippen molar-refractivity contribution in [1.82, 2.24) is 4.57 Å². The summed E-state index contributed by atoms with van der Waals surface area (Å²) >= 11 is 0. The Labute approximate surface area is 117 Å². The summed E-state index contributed by atoms with van der Waals surface area (Å²) < 4.78 is 15.2. The highest BCUT2D eigenvalue weighted by Gasteiger charge is 2.17. The van der Waals surface area contributed by atoms with Crippen LogP contribution in [0.2, 0.25) is 0 Å². The van der Waals surface area contributed by atoms with Gasteiger partial charge in [0.15, 0.2) is 5.43 Å². The molecule has 108 valence electrons. The number of halogens is 1. The van der Waals surface area contributed by atoms with Gasteiger partial charge in [0.25, 0.3) is 0 Å². The smallest absolute Gasteiger partial charge is 0.341 e. The van der Waals surface area contributed by atoms with Gasteiger partial charge in [-0.05, 0) is 0 Å². The minimum atomic E-state index is -1.39. The molecule has 8 heteroatoms. The molecule has 0 saturated carbocycles. The van der Waals surface area contributed by atoms with Crippen molar-refractivity contribution in [2.45, 2.75) is 6.54 Å². The summed E-state index contributed by atoms with van der Waals surface area (Å²) in [5.41, 5.74) is -1.77. The summed E-state index contributed by atoms with van der Waals surface area (Å²) in [6.07, 6.45) is 2.34. The monoisotopic (exact) mass is 292 g/mol. The molecule has 0 atom stereocenters. The Balaban J connectivity index is 2.41. The molecule has 0 radical (unpaired) electrons. The van der Waals surface area contributed by atoms with E-state index in [2.05, 4.69) is 0 Å². The number of aromatic nitrogens is 1. The number of nitro groups is 1. The molecule has 0 fully saturated rings. The van der Waals surface area contributed by atoms with Crippen LogP contribution in [0.25, 0.3) is 0 Å². The number of aromatic carboxylic acids is 1. The lowest BCUT2D eigenvalue weighted by atomic mass is 10.1. The van der Waals surface area contributed by atoms with Crippen molar-refractivity contribution in [2.24, 2.45) is 0 Å². The van der Waals surface area contributed by atoms with Crippen LogP contribution in [0.3, 0.4) is 0 Å². The third-order valence-corrected chi connectivity index (χ3v) is 2.82. The lowest BCUT2D eigenvalue weighted by Crippen LogP contribution is -2.17. The summed E-state index contributed by atoms with van der Waals surface area (Å²) in [5, 5.41) is 19.5. The molecule has 1 aromatic carbocycles. The van der Waals surface area contributed by atoms with Crippen LogP contribution < -0.4 is 5.43 Å². The second kappa shape index (κ2) is 5.53. The summed E-state index contributed by atoms with van der Waals surface area (Å²) in [6.45, 7) is -0.131. The number of carboxylic acid groups (broad SMARTS) is 1. The fraction of sp³-hybridized carbons (Fsp3) is 0.0769. The molecule has 0 aliphatic rings. The average molecular weight is 292 g/mol. The van der Waals surface area contributed by atoms with Crippen molar-refractivity contribution < 1.29 is 19.2 Å². The van der Waals surface area contributed by atoms with Crippen LogP contribution in [0.5, 0.6) is 0 Å². The predicted molar refractivity (Wildman–Crippen MR) is 69.8 cm³/mol. The van der Waals surface area contributed by atoms with Gasteiger partial charge in [-0.15, -0.1) is 0 Å². The molecule has 2 aromatic rings. The lowest BCUT2D eigenvalue weighted by Gasteiger charge is -2.08. The van der Waals surface area contributed by atoms with Crippen molar-refractivity contribution in [3.8, 4) is 0 Å². The molecule has 2 rings (SSSR count). The normalized spacial score (nSPS) is 10.3. The van der Waals surface area contributed by atoms with E-state index in [-0.39, 0.29) is 12.1 Å². The molecule has 0 saturated heterocycles. The second-order valence-corrected chi connectivity index (χ2v) is 4.21. The van der Waals surface area contributed by atoms with E-state index < -0.39 is 33.4 Å². The number of rotatable bonds is 4. The number of nitrogens with zero attached hydrogens (tertiary/aromatic N) is 2. The molecule has 0 aliphatic heterocycles. The number of carboxylic acids is 1. The zero-order chi connectivity index (χ0) is 15.6. The topological polar surface area (TPSA) is 102 Å². The van der Waals surface area contributed by atoms with Gasteiger partial charge >= 0.3 is 11.7 Å². The van der Waals surface area contributed by atoms with Crippen LogP contribution in [0.15, 0.2) is 41.5 Å². The van der Waals surface area contributed by atoms with Crippen LogP contribution in [-0.2, 0) is 6.54 Å². The highest BCUT2D eigenvalue weighted by molar-refractivity contribution is 5.86. The SMILES string of the molecule is O=C(O)c1cn(Cc2cccc([N+](=O)[O-])c2F)ccc1=O. The summed E-state index contributed by atoms with van der Waals surface area (Å²) in [7, 11) is 0. The van der Waals surface area contributed by atoms with E-state index >= 15 is 0 Å². The number of hydrogen-bond acceptors (Lipinski definition) is 4. The van der Waals surface area contributed by atoms with E-state index in [0.717, 1.165) is 18.3 Å². The molecule has 21 heavy (non-hydrogen) atoms. The largest absolute Gasteiger partial charge is 0.477 e. The van der Waals surface area contributed by atoms with Gasteiger partial charge in [-0.3, -0.25) is 14.9 Å². The zero-order valence-electron chi connectivity index (χ0n) is 10.5. The van der Waals surface area contributed by atoms with E-state index in [1.54, 1.807) is 0 Å². The van der Waals surface area contributed by atoms with Crippen LogP contribution in [-0.4, -0.2) is 20.6 Å². The standard InChI is InChI=1S/C13H9FN2O5/c14-12-8(2-1-3-10(12)16(20)21)6-15-5-4-11(17)9(7-15)13(18)19/h1-5,7H,6H2,(H,18,19). The van der Waals surface area contributed by atoms with Gasteiger partial charge in [-0.2, -0.15) is 4.39 Å². The number of nitro benzene ring substituents is 1. The highest BCUT2D eigenvalue weighted by Crippen LogP contribution is 2.20. The third-order valence-electron chi connectivity index (χ3n) is 2.82. The quantitative estimate of drug-likeness (QED) is 0.681. The van der Waals surface area contributed by atoms with Gasteiger partial charge in [-0.1, -0.05) is 12.1 Å². The second-order valence-electron chi connectivity index (χ2n) is 4.21. The maximum absolute atomic E-state index is 13.9. The van der Waals surface area contributed by atoms with Gasteiger partial charge in [0, 0.05) is 30.1 Å². The maximum atomic E-state index is 13.9. The Hall–Kier alpha value is -3.03. The minimum absolute atomic E-state index is 0.0178. The Bertz CT molecular complexity index is 784. The van der Waals surface area contributed by atoms with Crippen LogP contribution in [0.4, 0.5) is 10.1 Å². The van der Waals surface area contributed by atoms with Crippen molar-refractivity contribution in [2.75, 3.05) is 0 Å². The number of hydrogen-bond donors (Lipinski definition) is 1. The first kappa shape index (κ1) is 14.4. The molecule has 7 nitrogen and oxygen atoms in total. The van der Waals surface area contributed by atoms with Gasteiger partial charge in [-0.25, -0.2) is 4.79 Å². The summed E-state index contributed by atoms with van der Waals surface area (Å²) in [5.74, 6) is -2.38. The van der Waals surface area contributed by atoms with Crippen molar-refractivity contribution >= 4 is 11.7 Å². The van der Waals surface area contributed by atoms with E-state index in [4.69, 9.17) is 5.11 Å². The van der Waals surface area contributed by atoms with E-state index in [1.807, 2.05) is 0 Å². The molecule has 0 bridgehead atoms. The van der Waals surface area contributed by atoms with E-state index in [0.29, 0.717) is 0 Å². The highest BCUT2D eigenvalue weighted by atomic mass is 19.1. The van der Waals surface area contributed by atoms with E-state index in [9.17, 15) is 24.1 Å². The molecule has 0 unspecified atom stereocenters. The van der Waals surface area contributed by atoms with Gasteiger partial charge < -0.3 is 9.67 Å². The maximum Gasteiger partial charge on any atom is 0.341 e. The molecule has 0 spiro atoms. The number of benzene rings is 1. The molecule has 1 N–H and O–H groups in total.